The molecule has 0 spiro atoms. The van der Waals surface area contributed by atoms with Gasteiger partial charge in [-0.05, 0) is 30.3 Å². The number of carbonyl (C=O) groups excluding carboxylic acids is 2. The van der Waals surface area contributed by atoms with Crippen molar-refractivity contribution in [2.75, 3.05) is 33.3 Å². The highest BCUT2D eigenvalue weighted by Gasteiger charge is 2.25. The third-order valence-electron chi connectivity index (χ3n) is 5.03. The van der Waals surface area contributed by atoms with Crippen LogP contribution in [0, 0.1) is 0 Å². The van der Waals surface area contributed by atoms with E-state index in [-0.39, 0.29) is 5.91 Å². The molecule has 144 valence electrons. The largest absolute Gasteiger partial charge is 0.465 e. The maximum Gasteiger partial charge on any atom is 0.338 e. The first-order valence-corrected chi connectivity index (χ1v) is 9.28. The summed E-state index contributed by atoms with van der Waals surface area (Å²) in [5.41, 5.74) is 2.79. The highest BCUT2D eigenvalue weighted by atomic mass is 16.5. The van der Waals surface area contributed by atoms with Crippen LogP contribution in [0.15, 0.2) is 54.7 Å². The molecule has 1 amide bonds. The summed E-state index contributed by atoms with van der Waals surface area (Å²) in [6.45, 7) is 3.51. The average molecular weight is 378 g/mol. The van der Waals surface area contributed by atoms with Crippen LogP contribution in [0.5, 0.6) is 0 Å². The quantitative estimate of drug-likeness (QED) is 0.651. The van der Waals surface area contributed by atoms with Crippen molar-refractivity contribution in [2.24, 2.45) is 0 Å². The van der Waals surface area contributed by atoms with E-state index in [0.717, 1.165) is 30.8 Å². The number of carbonyl (C=O) groups is 2. The van der Waals surface area contributed by atoms with E-state index in [4.69, 9.17) is 4.74 Å². The Morgan fingerprint density at radius 3 is 2.43 bits per heavy atom. The van der Waals surface area contributed by atoms with Gasteiger partial charge in [-0.25, -0.2) is 9.31 Å². The Labute approximate surface area is 163 Å². The van der Waals surface area contributed by atoms with Crippen LogP contribution >= 0.6 is 0 Å². The minimum atomic E-state index is -0.491. The van der Waals surface area contributed by atoms with Crippen molar-refractivity contribution in [3.05, 3.63) is 71.5 Å². The van der Waals surface area contributed by atoms with Gasteiger partial charge in [-0.15, -0.1) is 0 Å². The smallest absolute Gasteiger partial charge is 0.338 e. The van der Waals surface area contributed by atoms with Crippen LogP contribution in [-0.4, -0.2) is 64.6 Å². The second-order valence-electron chi connectivity index (χ2n) is 6.81. The number of hydrogen-bond acceptors (Lipinski definition) is 5. The third kappa shape index (κ3) is 3.61. The first kappa shape index (κ1) is 18.2. The lowest BCUT2D eigenvalue weighted by atomic mass is 10.1. The van der Waals surface area contributed by atoms with E-state index in [0.29, 0.717) is 24.2 Å². The van der Waals surface area contributed by atoms with Crippen molar-refractivity contribution in [3.63, 3.8) is 0 Å². The molecule has 3 heterocycles. The molecule has 0 bridgehead atoms. The molecular weight excluding hydrogens is 356 g/mol. The average Bonchev–Trinajstić information content (AvgIpc) is 3.15. The summed E-state index contributed by atoms with van der Waals surface area (Å²) in [5, 5.41) is 4.59. The Morgan fingerprint density at radius 2 is 1.71 bits per heavy atom. The molecule has 1 aliphatic rings. The molecular formula is C21H22N4O3. The number of benzene rings is 1. The van der Waals surface area contributed by atoms with Gasteiger partial charge in [0, 0.05) is 38.9 Å². The number of pyridine rings is 1. The van der Waals surface area contributed by atoms with Gasteiger partial charge in [0.15, 0.2) is 0 Å². The molecule has 0 N–H and O–H groups in total. The molecule has 1 fully saturated rings. The molecule has 0 radical (unpaired) electrons. The molecule has 2 aromatic heterocycles. The fourth-order valence-corrected chi connectivity index (χ4v) is 3.53. The highest BCUT2D eigenvalue weighted by Crippen LogP contribution is 2.16. The number of piperazine rings is 1. The van der Waals surface area contributed by atoms with Crippen molar-refractivity contribution < 1.29 is 14.3 Å². The Kier molecular flexibility index (Phi) is 5.08. The number of methoxy groups -OCH3 is 1. The van der Waals surface area contributed by atoms with Crippen LogP contribution in [0.2, 0.25) is 0 Å². The minimum Gasteiger partial charge on any atom is -0.465 e. The lowest BCUT2D eigenvalue weighted by molar-refractivity contribution is 0.0570. The van der Waals surface area contributed by atoms with E-state index < -0.39 is 5.97 Å². The Morgan fingerprint density at radius 1 is 1.00 bits per heavy atom. The Bertz CT molecular complexity index is 973. The molecule has 0 unspecified atom stereocenters. The van der Waals surface area contributed by atoms with Gasteiger partial charge in [0.25, 0.3) is 5.91 Å². The predicted octanol–water partition coefficient (Wildman–Crippen LogP) is 2.08. The van der Waals surface area contributed by atoms with Gasteiger partial charge in [0.2, 0.25) is 0 Å². The summed E-state index contributed by atoms with van der Waals surface area (Å²) in [7, 11) is 1.32. The SMILES string of the molecule is COC(=O)c1ccccc1C(=O)N1CCN(Cc2cc3ccccn3n2)CC1. The zero-order valence-electron chi connectivity index (χ0n) is 15.7. The van der Waals surface area contributed by atoms with Crippen LogP contribution in [0.25, 0.3) is 5.52 Å². The zero-order chi connectivity index (χ0) is 19.5. The number of amides is 1. The summed E-state index contributed by atoms with van der Waals surface area (Å²) in [5.74, 6) is -0.622. The molecule has 0 saturated carbocycles. The lowest BCUT2D eigenvalue weighted by Crippen LogP contribution is -2.48. The van der Waals surface area contributed by atoms with Gasteiger partial charge >= 0.3 is 5.97 Å². The van der Waals surface area contributed by atoms with E-state index in [2.05, 4.69) is 16.1 Å². The normalized spacial score (nSPS) is 15.0. The number of ether oxygens (including phenoxy) is 1. The summed E-state index contributed by atoms with van der Waals surface area (Å²) in [4.78, 5) is 28.9. The molecule has 7 heteroatoms. The van der Waals surface area contributed by atoms with Crippen LogP contribution in [0.4, 0.5) is 0 Å². The maximum atomic E-state index is 12.9. The molecule has 0 atom stereocenters. The van der Waals surface area contributed by atoms with Crippen LogP contribution < -0.4 is 0 Å². The van der Waals surface area contributed by atoms with E-state index in [9.17, 15) is 9.59 Å². The lowest BCUT2D eigenvalue weighted by Gasteiger charge is -2.34. The second-order valence-corrected chi connectivity index (χ2v) is 6.81. The monoisotopic (exact) mass is 378 g/mol. The number of rotatable bonds is 4. The summed E-state index contributed by atoms with van der Waals surface area (Å²) in [6.07, 6.45) is 1.94. The van der Waals surface area contributed by atoms with Gasteiger partial charge < -0.3 is 9.64 Å². The van der Waals surface area contributed by atoms with Crippen molar-refractivity contribution in [3.8, 4) is 0 Å². The number of nitrogens with zero attached hydrogens (tertiary/aromatic N) is 4. The van der Waals surface area contributed by atoms with Crippen LogP contribution in [-0.2, 0) is 11.3 Å². The first-order chi connectivity index (χ1) is 13.7. The number of fused-ring (bicyclic) bond motifs is 1. The van der Waals surface area contributed by atoms with Crippen molar-refractivity contribution in [2.45, 2.75) is 6.54 Å². The fourth-order valence-electron chi connectivity index (χ4n) is 3.53. The van der Waals surface area contributed by atoms with Crippen molar-refractivity contribution in [1.82, 2.24) is 19.4 Å². The molecule has 1 aromatic carbocycles. The van der Waals surface area contributed by atoms with Crippen molar-refractivity contribution >= 4 is 17.4 Å². The van der Waals surface area contributed by atoms with E-state index in [1.165, 1.54) is 7.11 Å². The Balaban J connectivity index is 1.40. The fraction of sp³-hybridized carbons (Fsp3) is 0.286. The summed E-state index contributed by atoms with van der Waals surface area (Å²) >= 11 is 0. The predicted molar refractivity (Wildman–Crippen MR) is 104 cm³/mol. The Hall–Kier alpha value is -3.19. The standard InChI is InChI=1S/C21H22N4O3/c1-28-21(27)19-8-3-2-7-18(19)20(26)24-12-10-23(11-13-24)15-16-14-17-6-4-5-9-25(17)22-16/h2-9,14H,10-13,15H2,1H3. The first-order valence-electron chi connectivity index (χ1n) is 9.28. The van der Waals surface area contributed by atoms with Crippen LogP contribution in [0.3, 0.4) is 0 Å². The van der Waals surface area contributed by atoms with Gasteiger partial charge in [0.1, 0.15) is 0 Å². The van der Waals surface area contributed by atoms with E-state index in [1.54, 1.807) is 29.2 Å². The number of aromatic nitrogens is 2. The van der Waals surface area contributed by atoms with Crippen molar-refractivity contribution in [1.29, 1.82) is 0 Å². The number of esters is 1. The zero-order valence-corrected chi connectivity index (χ0v) is 15.7. The van der Waals surface area contributed by atoms with E-state index in [1.807, 2.05) is 28.9 Å². The van der Waals surface area contributed by atoms with Gasteiger partial charge in [-0.2, -0.15) is 5.10 Å². The van der Waals surface area contributed by atoms with Gasteiger partial charge in [0.05, 0.1) is 29.4 Å². The molecule has 3 aromatic rings. The molecule has 0 aliphatic carbocycles. The van der Waals surface area contributed by atoms with E-state index >= 15 is 0 Å². The molecule has 7 nitrogen and oxygen atoms in total. The molecule has 1 aliphatic heterocycles. The molecule has 1 saturated heterocycles. The van der Waals surface area contributed by atoms with Crippen LogP contribution in [0.1, 0.15) is 26.4 Å². The van der Waals surface area contributed by atoms with Gasteiger partial charge in [-0.1, -0.05) is 18.2 Å². The third-order valence-corrected chi connectivity index (χ3v) is 5.03. The second kappa shape index (κ2) is 7.82. The topological polar surface area (TPSA) is 67.2 Å². The highest BCUT2D eigenvalue weighted by molar-refractivity contribution is 6.05. The summed E-state index contributed by atoms with van der Waals surface area (Å²) < 4.78 is 6.67. The molecule has 4 rings (SSSR count). The minimum absolute atomic E-state index is 0.131. The summed E-state index contributed by atoms with van der Waals surface area (Å²) in [6, 6.07) is 14.9. The van der Waals surface area contributed by atoms with Gasteiger partial charge in [-0.3, -0.25) is 9.69 Å². The number of hydrogen-bond donors (Lipinski definition) is 0. The maximum absolute atomic E-state index is 12.9. The molecule has 28 heavy (non-hydrogen) atoms.